The molecule has 1 N–H and O–H groups in total. The number of aryl methyl sites for hydroxylation is 2. The normalized spacial score (nSPS) is 13.6. The van der Waals surface area contributed by atoms with Crippen molar-refractivity contribution in [3.8, 4) is 5.75 Å². The SMILES string of the molecule is O=C(COc1ccc2oc3c(c2c1)CCCC3)NCc1cn2cc(Br)ccc2n1. The lowest BCUT2D eigenvalue weighted by molar-refractivity contribution is -0.123. The highest BCUT2D eigenvalue weighted by Gasteiger charge is 2.18. The molecule has 1 aliphatic rings. The second kappa shape index (κ2) is 7.55. The number of nitrogens with one attached hydrogen (secondary N) is 1. The number of hydrogen-bond acceptors (Lipinski definition) is 4. The van der Waals surface area contributed by atoms with E-state index in [1.54, 1.807) is 0 Å². The van der Waals surface area contributed by atoms with E-state index >= 15 is 0 Å². The molecule has 148 valence electrons. The van der Waals surface area contributed by atoms with Crippen LogP contribution in [0.15, 0.2) is 51.6 Å². The van der Waals surface area contributed by atoms with Gasteiger partial charge in [-0.3, -0.25) is 4.79 Å². The van der Waals surface area contributed by atoms with Crippen molar-refractivity contribution in [2.75, 3.05) is 6.61 Å². The Morgan fingerprint density at radius 1 is 1.21 bits per heavy atom. The van der Waals surface area contributed by atoms with E-state index in [4.69, 9.17) is 9.15 Å². The van der Waals surface area contributed by atoms with Crippen LogP contribution < -0.4 is 10.1 Å². The monoisotopic (exact) mass is 453 g/mol. The van der Waals surface area contributed by atoms with Crippen molar-refractivity contribution < 1.29 is 13.9 Å². The molecule has 0 unspecified atom stereocenters. The number of aromatic nitrogens is 2. The quantitative estimate of drug-likeness (QED) is 0.485. The molecule has 3 aromatic heterocycles. The van der Waals surface area contributed by atoms with E-state index in [0.717, 1.165) is 45.4 Å². The van der Waals surface area contributed by atoms with E-state index < -0.39 is 0 Å². The maximum atomic E-state index is 12.2. The second-order valence-electron chi connectivity index (χ2n) is 7.28. The molecule has 0 bridgehead atoms. The summed E-state index contributed by atoms with van der Waals surface area (Å²) in [5.41, 5.74) is 3.82. The van der Waals surface area contributed by atoms with Crippen molar-refractivity contribution in [1.82, 2.24) is 14.7 Å². The third-order valence-corrected chi connectivity index (χ3v) is 5.70. The van der Waals surface area contributed by atoms with Crippen LogP contribution in [0.5, 0.6) is 5.75 Å². The van der Waals surface area contributed by atoms with Crippen molar-refractivity contribution >= 4 is 38.5 Å². The van der Waals surface area contributed by atoms with Crippen LogP contribution in [0.1, 0.15) is 29.9 Å². The molecule has 1 aliphatic carbocycles. The molecular weight excluding hydrogens is 434 g/mol. The number of carbonyl (C=O) groups excluding carboxylic acids is 1. The van der Waals surface area contributed by atoms with Gasteiger partial charge in [0.1, 0.15) is 22.7 Å². The number of nitrogens with zero attached hydrogens (tertiary/aromatic N) is 2. The third kappa shape index (κ3) is 3.74. The number of ether oxygens (including phenoxy) is 1. The summed E-state index contributed by atoms with van der Waals surface area (Å²) in [5.74, 6) is 1.59. The maximum absolute atomic E-state index is 12.2. The molecule has 4 aromatic rings. The summed E-state index contributed by atoms with van der Waals surface area (Å²) in [7, 11) is 0. The lowest BCUT2D eigenvalue weighted by Crippen LogP contribution is -2.28. The van der Waals surface area contributed by atoms with E-state index in [9.17, 15) is 4.79 Å². The van der Waals surface area contributed by atoms with E-state index in [0.29, 0.717) is 12.3 Å². The Hall–Kier alpha value is -2.80. The lowest BCUT2D eigenvalue weighted by atomic mass is 9.96. The van der Waals surface area contributed by atoms with Gasteiger partial charge in [-0.15, -0.1) is 0 Å². The van der Waals surface area contributed by atoms with Crippen LogP contribution in [-0.4, -0.2) is 21.9 Å². The Balaban J connectivity index is 1.21. The molecule has 0 saturated heterocycles. The summed E-state index contributed by atoms with van der Waals surface area (Å²) < 4.78 is 14.6. The van der Waals surface area contributed by atoms with E-state index in [1.807, 2.05) is 47.1 Å². The molecule has 5 rings (SSSR count). The lowest BCUT2D eigenvalue weighted by Gasteiger charge is -2.09. The van der Waals surface area contributed by atoms with Crippen LogP contribution in [0.25, 0.3) is 16.6 Å². The predicted molar refractivity (Wildman–Crippen MR) is 113 cm³/mol. The van der Waals surface area contributed by atoms with Gasteiger partial charge in [0, 0.05) is 34.2 Å². The number of carbonyl (C=O) groups is 1. The number of imidazole rings is 1. The van der Waals surface area contributed by atoms with Crippen LogP contribution in [-0.2, 0) is 24.2 Å². The van der Waals surface area contributed by atoms with Gasteiger partial charge in [0.25, 0.3) is 5.91 Å². The zero-order valence-corrected chi connectivity index (χ0v) is 17.4. The summed E-state index contributed by atoms with van der Waals surface area (Å²) in [6.45, 7) is 0.320. The van der Waals surface area contributed by atoms with Crippen molar-refractivity contribution in [1.29, 1.82) is 0 Å². The standard InChI is InChI=1S/C22H20BrN3O3/c23-14-5-8-21-25-15(12-26(21)11-14)10-24-22(27)13-28-16-6-7-20-18(9-16)17-3-1-2-4-19(17)29-20/h5-9,11-12H,1-4,10,13H2,(H,24,27). The smallest absolute Gasteiger partial charge is 0.258 e. The summed E-state index contributed by atoms with van der Waals surface area (Å²) in [6.07, 6.45) is 8.25. The highest BCUT2D eigenvalue weighted by molar-refractivity contribution is 9.10. The fourth-order valence-electron chi connectivity index (χ4n) is 3.82. The first-order valence-corrected chi connectivity index (χ1v) is 10.5. The Morgan fingerprint density at radius 2 is 2.10 bits per heavy atom. The fraction of sp³-hybridized carbons (Fsp3) is 0.273. The fourth-order valence-corrected chi connectivity index (χ4v) is 4.18. The number of amides is 1. The second-order valence-corrected chi connectivity index (χ2v) is 8.19. The molecule has 0 saturated carbocycles. The molecule has 6 nitrogen and oxygen atoms in total. The van der Waals surface area contributed by atoms with Crippen LogP contribution in [0.2, 0.25) is 0 Å². The summed E-state index contributed by atoms with van der Waals surface area (Å²) in [5, 5.41) is 3.96. The Kier molecular flexibility index (Phi) is 4.75. The Bertz CT molecular complexity index is 1210. The first-order valence-electron chi connectivity index (χ1n) is 9.73. The molecular formula is C22H20BrN3O3. The Labute approximate surface area is 176 Å². The average Bonchev–Trinajstić information content (AvgIpc) is 3.30. The van der Waals surface area contributed by atoms with E-state index in [1.165, 1.54) is 18.4 Å². The topological polar surface area (TPSA) is 68.8 Å². The molecule has 0 fully saturated rings. The van der Waals surface area contributed by atoms with Gasteiger partial charge in [-0.1, -0.05) is 0 Å². The summed E-state index contributed by atoms with van der Waals surface area (Å²) in [6, 6.07) is 9.62. The molecule has 0 aliphatic heterocycles. The Morgan fingerprint density at radius 3 is 3.03 bits per heavy atom. The number of fused-ring (bicyclic) bond motifs is 4. The zero-order valence-electron chi connectivity index (χ0n) is 15.8. The maximum Gasteiger partial charge on any atom is 0.258 e. The molecule has 0 atom stereocenters. The number of hydrogen-bond donors (Lipinski definition) is 1. The van der Waals surface area contributed by atoms with E-state index in [-0.39, 0.29) is 12.5 Å². The molecule has 29 heavy (non-hydrogen) atoms. The van der Waals surface area contributed by atoms with Gasteiger partial charge in [0.05, 0.1) is 12.2 Å². The molecule has 1 aromatic carbocycles. The van der Waals surface area contributed by atoms with Crippen LogP contribution >= 0.6 is 15.9 Å². The number of rotatable bonds is 5. The summed E-state index contributed by atoms with van der Waals surface area (Å²) in [4.78, 5) is 16.7. The molecule has 1 amide bonds. The zero-order chi connectivity index (χ0) is 19.8. The van der Waals surface area contributed by atoms with Crippen LogP contribution in [0.3, 0.4) is 0 Å². The molecule has 0 radical (unpaired) electrons. The van der Waals surface area contributed by atoms with Gasteiger partial charge in [-0.05, 0) is 65.5 Å². The molecule has 0 spiro atoms. The number of benzene rings is 1. The van der Waals surface area contributed by atoms with Crippen molar-refractivity contribution in [2.45, 2.75) is 32.2 Å². The molecule has 7 heteroatoms. The third-order valence-electron chi connectivity index (χ3n) is 5.23. The minimum Gasteiger partial charge on any atom is -0.484 e. The van der Waals surface area contributed by atoms with Crippen LogP contribution in [0, 0.1) is 0 Å². The minimum atomic E-state index is -0.183. The van der Waals surface area contributed by atoms with Crippen molar-refractivity contribution in [3.63, 3.8) is 0 Å². The minimum absolute atomic E-state index is 0.0372. The molecule has 3 heterocycles. The highest BCUT2D eigenvalue weighted by Crippen LogP contribution is 2.33. The van der Waals surface area contributed by atoms with Gasteiger partial charge in [0.15, 0.2) is 6.61 Å². The van der Waals surface area contributed by atoms with Gasteiger partial charge in [-0.25, -0.2) is 4.98 Å². The van der Waals surface area contributed by atoms with Gasteiger partial charge < -0.3 is 18.9 Å². The first kappa shape index (κ1) is 18.2. The first-order chi connectivity index (χ1) is 14.2. The highest BCUT2D eigenvalue weighted by atomic mass is 79.9. The predicted octanol–water partition coefficient (Wildman–Crippen LogP) is 4.42. The number of pyridine rings is 1. The largest absolute Gasteiger partial charge is 0.484 e. The van der Waals surface area contributed by atoms with E-state index in [2.05, 4.69) is 26.2 Å². The summed E-state index contributed by atoms with van der Waals surface area (Å²) >= 11 is 3.44. The van der Waals surface area contributed by atoms with Gasteiger partial charge >= 0.3 is 0 Å². The van der Waals surface area contributed by atoms with Gasteiger partial charge in [0.2, 0.25) is 0 Å². The van der Waals surface area contributed by atoms with Crippen molar-refractivity contribution in [3.05, 3.63) is 64.2 Å². The van der Waals surface area contributed by atoms with Crippen molar-refractivity contribution in [2.24, 2.45) is 0 Å². The number of furan rings is 1. The van der Waals surface area contributed by atoms with Gasteiger partial charge in [-0.2, -0.15) is 0 Å². The number of halogens is 1. The van der Waals surface area contributed by atoms with Crippen LogP contribution in [0.4, 0.5) is 0 Å². The average molecular weight is 454 g/mol.